The fourth-order valence-electron chi connectivity index (χ4n) is 2.78. The van der Waals surface area contributed by atoms with E-state index >= 15 is 0 Å². The van der Waals surface area contributed by atoms with Crippen molar-refractivity contribution in [2.24, 2.45) is 5.14 Å². The first-order valence-electron chi connectivity index (χ1n) is 8.74. The zero-order valence-electron chi connectivity index (χ0n) is 15.8. The van der Waals surface area contributed by atoms with Gasteiger partial charge < -0.3 is 15.4 Å². The SMILES string of the molecule is CSNc1ccccc1Nc1nc(Nc2ccc(S(N)(=O)=O)cc2)nc2ccsc12. The summed E-state index contributed by atoms with van der Waals surface area (Å²) in [6.45, 7) is 0. The smallest absolute Gasteiger partial charge is 0.238 e. The van der Waals surface area contributed by atoms with Gasteiger partial charge in [0.05, 0.1) is 26.5 Å². The van der Waals surface area contributed by atoms with Crippen LogP contribution in [0.3, 0.4) is 0 Å². The van der Waals surface area contributed by atoms with Crippen molar-refractivity contribution in [1.29, 1.82) is 0 Å². The highest BCUT2D eigenvalue weighted by atomic mass is 32.2. The highest BCUT2D eigenvalue weighted by Crippen LogP contribution is 2.33. The Morgan fingerprint density at radius 3 is 2.40 bits per heavy atom. The molecule has 0 radical (unpaired) electrons. The van der Waals surface area contributed by atoms with Crippen molar-refractivity contribution in [3.63, 3.8) is 0 Å². The second-order valence-electron chi connectivity index (χ2n) is 6.20. The Labute approximate surface area is 182 Å². The molecular formula is C19H18N6O2S3. The summed E-state index contributed by atoms with van der Waals surface area (Å²) in [7, 11) is -3.74. The maximum absolute atomic E-state index is 11.4. The molecule has 0 amide bonds. The van der Waals surface area contributed by atoms with Gasteiger partial charge in [0.15, 0.2) is 5.82 Å². The van der Waals surface area contributed by atoms with Crippen molar-refractivity contribution in [2.75, 3.05) is 21.6 Å². The second-order valence-corrected chi connectivity index (χ2v) is 9.29. The highest BCUT2D eigenvalue weighted by Gasteiger charge is 2.12. The van der Waals surface area contributed by atoms with Crippen LogP contribution in [0.1, 0.15) is 0 Å². The molecule has 2 aromatic carbocycles. The Kier molecular flexibility index (Phi) is 5.77. The van der Waals surface area contributed by atoms with Crippen molar-refractivity contribution in [3.05, 3.63) is 60.0 Å². The minimum Gasteiger partial charge on any atom is -0.337 e. The number of thiophene rings is 1. The van der Waals surface area contributed by atoms with Gasteiger partial charge in [-0.15, -0.1) is 11.3 Å². The first-order chi connectivity index (χ1) is 14.4. The van der Waals surface area contributed by atoms with Gasteiger partial charge in [0.2, 0.25) is 16.0 Å². The van der Waals surface area contributed by atoms with Crippen LogP contribution in [0, 0.1) is 0 Å². The average molecular weight is 459 g/mol. The Morgan fingerprint density at radius 2 is 1.70 bits per heavy atom. The number of primary sulfonamides is 1. The number of nitrogens with two attached hydrogens (primary N) is 1. The lowest BCUT2D eigenvalue weighted by Crippen LogP contribution is -2.11. The quantitative estimate of drug-likeness (QED) is 0.298. The summed E-state index contributed by atoms with van der Waals surface area (Å²) < 4.78 is 27.0. The molecule has 0 saturated carbocycles. The van der Waals surface area contributed by atoms with E-state index in [1.165, 1.54) is 24.1 Å². The van der Waals surface area contributed by atoms with E-state index in [-0.39, 0.29) is 4.90 Å². The molecule has 11 heteroatoms. The summed E-state index contributed by atoms with van der Waals surface area (Å²) in [6.07, 6.45) is 1.96. The molecule has 0 aliphatic heterocycles. The molecule has 8 nitrogen and oxygen atoms in total. The highest BCUT2D eigenvalue weighted by molar-refractivity contribution is 7.99. The standard InChI is InChI=1S/C19H18N6O2S3/c1-28-25-15-5-3-2-4-14(15)22-18-17-16(10-11-29-17)23-19(24-18)21-12-6-8-13(9-7-12)30(20,26)27/h2-11,25H,1H3,(H2,20,26,27)(H2,21,22,23,24). The molecule has 30 heavy (non-hydrogen) atoms. The number of sulfonamides is 1. The number of anilines is 5. The van der Waals surface area contributed by atoms with E-state index in [0.717, 1.165) is 21.6 Å². The van der Waals surface area contributed by atoms with Crippen molar-refractivity contribution in [3.8, 4) is 0 Å². The van der Waals surface area contributed by atoms with Gasteiger partial charge >= 0.3 is 0 Å². The van der Waals surface area contributed by atoms with E-state index in [4.69, 9.17) is 5.14 Å². The molecule has 0 aliphatic carbocycles. The monoisotopic (exact) mass is 458 g/mol. The topological polar surface area (TPSA) is 122 Å². The van der Waals surface area contributed by atoms with Crippen LogP contribution in [-0.4, -0.2) is 24.6 Å². The van der Waals surface area contributed by atoms with Gasteiger partial charge in [0, 0.05) is 11.9 Å². The molecule has 0 spiro atoms. The minimum atomic E-state index is -3.74. The van der Waals surface area contributed by atoms with Crippen LogP contribution in [0.5, 0.6) is 0 Å². The first-order valence-corrected chi connectivity index (χ1v) is 12.4. The van der Waals surface area contributed by atoms with E-state index in [9.17, 15) is 8.42 Å². The molecule has 5 N–H and O–H groups in total. The van der Waals surface area contributed by atoms with E-state index in [1.807, 2.05) is 42.0 Å². The third kappa shape index (κ3) is 4.49. The van der Waals surface area contributed by atoms with Gasteiger partial charge in [-0.3, -0.25) is 0 Å². The van der Waals surface area contributed by atoms with E-state index in [0.29, 0.717) is 17.5 Å². The summed E-state index contributed by atoms with van der Waals surface area (Å²) >= 11 is 3.06. The number of fused-ring (bicyclic) bond motifs is 1. The molecule has 4 rings (SSSR count). The van der Waals surface area contributed by atoms with Crippen LogP contribution in [0.15, 0.2) is 64.9 Å². The van der Waals surface area contributed by atoms with E-state index < -0.39 is 10.0 Å². The van der Waals surface area contributed by atoms with Gasteiger partial charge in [0.1, 0.15) is 0 Å². The predicted octanol–water partition coefficient (Wildman–Crippen LogP) is 4.52. The summed E-state index contributed by atoms with van der Waals surface area (Å²) in [5.41, 5.74) is 3.29. The van der Waals surface area contributed by atoms with Crippen LogP contribution < -0.4 is 20.5 Å². The van der Waals surface area contributed by atoms with Crippen LogP contribution in [0.4, 0.5) is 28.8 Å². The summed E-state index contributed by atoms with van der Waals surface area (Å²) in [5.74, 6) is 1.07. The lowest BCUT2D eigenvalue weighted by atomic mass is 10.2. The number of rotatable bonds is 7. The van der Waals surface area contributed by atoms with Gasteiger partial charge in [-0.25, -0.2) is 18.5 Å². The third-order valence-corrected chi connectivity index (χ3v) is 6.40. The third-order valence-electron chi connectivity index (χ3n) is 4.13. The zero-order chi connectivity index (χ0) is 21.1. The number of hydrogen-bond donors (Lipinski definition) is 4. The minimum absolute atomic E-state index is 0.0440. The molecule has 0 saturated heterocycles. The Morgan fingerprint density at radius 1 is 0.967 bits per heavy atom. The first kappa shape index (κ1) is 20.4. The average Bonchev–Trinajstić information content (AvgIpc) is 3.18. The van der Waals surface area contributed by atoms with Crippen molar-refractivity contribution < 1.29 is 8.42 Å². The van der Waals surface area contributed by atoms with E-state index in [2.05, 4.69) is 25.3 Å². The largest absolute Gasteiger partial charge is 0.337 e. The molecular weight excluding hydrogens is 440 g/mol. The summed E-state index contributed by atoms with van der Waals surface area (Å²) in [5, 5.41) is 13.6. The number of nitrogens with one attached hydrogen (secondary N) is 3. The van der Waals surface area contributed by atoms with Gasteiger partial charge in [-0.1, -0.05) is 24.1 Å². The molecule has 154 valence electrons. The van der Waals surface area contributed by atoms with Crippen LogP contribution in [0.25, 0.3) is 10.2 Å². The molecule has 0 atom stereocenters. The Balaban J connectivity index is 1.66. The van der Waals surface area contributed by atoms with Gasteiger partial charge in [0.25, 0.3) is 0 Å². The van der Waals surface area contributed by atoms with Gasteiger partial charge in [-0.2, -0.15) is 4.98 Å². The number of hydrogen-bond acceptors (Lipinski definition) is 9. The summed E-state index contributed by atoms with van der Waals surface area (Å²) in [4.78, 5) is 9.23. The lowest BCUT2D eigenvalue weighted by Gasteiger charge is -2.13. The summed E-state index contributed by atoms with van der Waals surface area (Å²) in [6, 6.07) is 15.9. The van der Waals surface area contributed by atoms with Crippen LogP contribution >= 0.6 is 23.3 Å². The maximum atomic E-state index is 11.4. The predicted molar refractivity (Wildman–Crippen MR) is 125 cm³/mol. The number of para-hydroxylation sites is 2. The number of benzene rings is 2. The Hall–Kier alpha value is -2.86. The van der Waals surface area contributed by atoms with Crippen LogP contribution in [-0.2, 0) is 10.0 Å². The molecule has 2 aromatic heterocycles. The number of nitrogens with zero attached hydrogens (tertiary/aromatic N) is 2. The molecule has 0 unspecified atom stereocenters. The van der Waals surface area contributed by atoms with Crippen molar-refractivity contribution in [1.82, 2.24) is 9.97 Å². The zero-order valence-corrected chi connectivity index (χ0v) is 18.2. The normalized spacial score (nSPS) is 11.4. The molecule has 0 bridgehead atoms. The van der Waals surface area contributed by atoms with E-state index in [1.54, 1.807) is 23.5 Å². The van der Waals surface area contributed by atoms with Crippen LogP contribution in [0.2, 0.25) is 0 Å². The molecule has 2 heterocycles. The van der Waals surface area contributed by atoms with Gasteiger partial charge in [-0.05, 0) is 47.8 Å². The fourth-order valence-corrected chi connectivity index (χ4v) is 4.47. The fraction of sp³-hybridized carbons (Fsp3) is 0.0526. The van der Waals surface area contributed by atoms with Crippen molar-refractivity contribution in [2.45, 2.75) is 4.90 Å². The molecule has 0 aliphatic rings. The van der Waals surface area contributed by atoms with Crippen molar-refractivity contribution >= 4 is 72.4 Å². The molecule has 4 aromatic rings. The number of aromatic nitrogens is 2. The second kappa shape index (κ2) is 8.48. The lowest BCUT2D eigenvalue weighted by molar-refractivity contribution is 0.598. The molecule has 0 fully saturated rings. The Bertz CT molecular complexity index is 1290. The maximum Gasteiger partial charge on any atom is 0.238 e.